The van der Waals surface area contributed by atoms with Gasteiger partial charge in [-0.3, -0.25) is 0 Å². The predicted molar refractivity (Wildman–Crippen MR) is 67.0 cm³/mol. The molecule has 0 aromatic carbocycles. The fraction of sp³-hybridized carbons (Fsp3) is 0.909. The van der Waals surface area contributed by atoms with Gasteiger partial charge in [-0.1, -0.05) is 0 Å². The van der Waals surface area contributed by atoms with Gasteiger partial charge in [-0.15, -0.1) is 3.89 Å². The van der Waals surface area contributed by atoms with E-state index in [-0.39, 0.29) is 26.1 Å². The fourth-order valence-corrected chi connectivity index (χ4v) is 2.94. The molecule has 0 aliphatic carbocycles. The Morgan fingerprint density at radius 2 is 1.89 bits per heavy atom. The molecule has 1 heterocycles. The monoisotopic (exact) mass is 297 g/mol. The van der Waals surface area contributed by atoms with E-state index in [0.717, 1.165) is 0 Å². The van der Waals surface area contributed by atoms with Gasteiger partial charge in [0, 0.05) is 13.2 Å². The standard InChI is InChI=1S/C11H20FNO5S/c1-10(2,3)18-9(14)13-11(8-19(12,15)16)4-6-17-7-5-11/h4-8H2,1-3H3,(H,13,14). The average Bonchev–Trinajstić information content (AvgIpc) is 2.11. The molecule has 0 unspecified atom stereocenters. The van der Waals surface area contributed by atoms with Crippen molar-refractivity contribution in [2.75, 3.05) is 19.0 Å². The lowest BCUT2D eigenvalue weighted by atomic mass is 9.92. The Labute approximate surface area is 112 Å². The molecule has 0 aromatic rings. The van der Waals surface area contributed by atoms with E-state index in [1.165, 1.54) is 0 Å². The van der Waals surface area contributed by atoms with Gasteiger partial charge < -0.3 is 14.8 Å². The first kappa shape index (κ1) is 16.2. The van der Waals surface area contributed by atoms with Crippen molar-refractivity contribution in [1.82, 2.24) is 5.32 Å². The van der Waals surface area contributed by atoms with E-state index in [1.54, 1.807) is 20.8 Å². The number of hydrogen-bond donors (Lipinski definition) is 1. The molecule has 1 aliphatic rings. The number of hydrogen-bond acceptors (Lipinski definition) is 5. The van der Waals surface area contributed by atoms with Crippen LogP contribution in [0.2, 0.25) is 0 Å². The van der Waals surface area contributed by atoms with Crippen LogP contribution in [0.25, 0.3) is 0 Å². The van der Waals surface area contributed by atoms with Crippen LogP contribution in [0.15, 0.2) is 0 Å². The number of carbonyl (C=O) groups is 1. The summed E-state index contributed by atoms with van der Waals surface area (Å²) in [5, 5.41) is 2.49. The van der Waals surface area contributed by atoms with E-state index in [9.17, 15) is 17.1 Å². The van der Waals surface area contributed by atoms with Crippen LogP contribution in [0.4, 0.5) is 8.68 Å². The molecule has 0 aromatic heterocycles. The first-order valence-electron chi connectivity index (χ1n) is 6.03. The zero-order chi connectivity index (χ0) is 14.7. The third-order valence-corrected chi connectivity index (χ3v) is 3.56. The minimum atomic E-state index is -4.70. The van der Waals surface area contributed by atoms with E-state index in [1.807, 2.05) is 0 Å². The van der Waals surface area contributed by atoms with Gasteiger partial charge in [0.15, 0.2) is 0 Å². The topological polar surface area (TPSA) is 81.7 Å². The van der Waals surface area contributed by atoms with Crippen molar-refractivity contribution < 1.29 is 26.6 Å². The number of halogens is 1. The zero-order valence-electron chi connectivity index (χ0n) is 11.4. The van der Waals surface area contributed by atoms with Gasteiger partial charge in [0.1, 0.15) is 11.4 Å². The molecular weight excluding hydrogens is 277 g/mol. The lowest BCUT2D eigenvalue weighted by Crippen LogP contribution is -2.56. The highest BCUT2D eigenvalue weighted by atomic mass is 32.3. The number of nitrogens with one attached hydrogen (secondary N) is 1. The van der Waals surface area contributed by atoms with Crippen molar-refractivity contribution in [3.63, 3.8) is 0 Å². The molecule has 1 aliphatic heterocycles. The van der Waals surface area contributed by atoms with Crippen LogP contribution in [0.3, 0.4) is 0 Å². The molecular formula is C11H20FNO5S. The summed E-state index contributed by atoms with van der Waals surface area (Å²) in [4.78, 5) is 11.7. The summed E-state index contributed by atoms with van der Waals surface area (Å²) < 4.78 is 44.9. The molecule has 8 heteroatoms. The van der Waals surface area contributed by atoms with Crippen LogP contribution in [0.5, 0.6) is 0 Å². The molecule has 6 nitrogen and oxygen atoms in total. The first-order valence-corrected chi connectivity index (χ1v) is 7.58. The average molecular weight is 297 g/mol. The molecule has 0 atom stereocenters. The Kier molecular flexibility index (Phi) is 4.78. The van der Waals surface area contributed by atoms with Crippen molar-refractivity contribution in [1.29, 1.82) is 0 Å². The Hall–Kier alpha value is -0.890. The highest BCUT2D eigenvalue weighted by Crippen LogP contribution is 2.24. The second-order valence-corrected chi connectivity index (χ2v) is 7.07. The van der Waals surface area contributed by atoms with Gasteiger partial charge in [-0.2, -0.15) is 8.42 Å². The first-order chi connectivity index (χ1) is 8.52. The van der Waals surface area contributed by atoms with Gasteiger partial charge in [-0.05, 0) is 33.6 Å². The third kappa shape index (κ3) is 6.20. The summed E-state index contributed by atoms with van der Waals surface area (Å²) in [5.74, 6) is -0.761. The molecule has 0 radical (unpaired) electrons. The summed E-state index contributed by atoms with van der Waals surface area (Å²) in [7, 11) is -4.70. The summed E-state index contributed by atoms with van der Waals surface area (Å²) in [6.07, 6.45) is -0.289. The Morgan fingerprint density at radius 3 is 2.32 bits per heavy atom. The van der Waals surface area contributed by atoms with Crippen molar-refractivity contribution in [3.05, 3.63) is 0 Å². The van der Waals surface area contributed by atoms with E-state index >= 15 is 0 Å². The van der Waals surface area contributed by atoms with Crippen LogP contribution in [-0.2, 0) is 19.7 Å². The fourth-order valence-electron chi connectivity index (χ4n) is 1.92. The second-order valence-electron chi connectivity index (χ2n) is 5.70. The van der Waals surface area contributed by atoms with Gasteiger partial charge >= 0.3 is 16.3 Å². The highest BCUT2D eigenvalue weighted by Gasteiger charge is 2.39. The normalized spacial score (nSPS) is 19.8. The third-order valence-electron chi connectivity index (χ3n) is 2.66. The van der Waals surface area contributed by atoms with Crippen molar-refractivity contribution in [2.45, 2.75) is 44.8 Å². The second kappa shape index (κ2) is 5.62. The minimum Gasteiger partial charge on any atom is -0.444 e. The SMILES string of the molecule is CC(C)(C)OC(=O)NC1(CS(=O)(=O)F)CCOCC1. The quantitative estimate of drug-likeness (QED) is 0.795. The van der Waals surface area contributed by atoms with E-state index < -0.39 is 33.2 Å². The number of ether oxygens (including phenoxy) is 2. The molecule has 0 saturated carbocycles. The molecule has 0 bridgehead atoms. The largest absolute Gasteiger partial charge is 0.444 e. The van der Waals surface area contributed by atoms with E-state index in [2.05, 4.69) is 5.32 Å². The minimum absolute atomic E-state index is 0.232. The summed E-state index contributed by atoms with van der Waals surface area (Å²) in [6, 6.07) is 0. The Morgan fingerprint density at radius 1 is 1.37 bits per heavy atom. The maximum absolute atomic E-state index is 12.9. The molecule has 1 amide bonds. The summed E-state index contributed by atoms with van der Waals surface area (Å²) >= 11 is 0. The Bertz CT molecular complexity index is 423. The lowest BCUT2D eigenvalue weighted by molar-refractivity contribution is 0.0225. The van der Waals surface area contributed by atoms with Gasteiger partial charge in [0.25, 0.3) is 0 Å². The predicted octanol–water partition coefficient (Wildman–Crippen LogP) is 1.36. The van der Waals surface area contributed by atoms with E-state index in [0.29, 0.717) is 0 Å². The van der Waals surface area contributed by atoms with Crippen LogP contribution in [0.1, 0.15) is 33.6 Å². The van der Waals surface area contributed by atoms with Crippen LogP contribution >= 0.6 is 0 Å². The van der Waals surface area contributed by atoms with Crippen molar-refractivity contribution >= 4 is 16.3 Å². The number of rotatable bonds is 3. The van der Waals surface area contributed by atoms with Crippen molar-refractivity contribution in [3.8, 4) is 0 Å². The lowest BCUT2D eigenvalue weighted by Gasteiger charge is -2.37. The highest BCUT2D eigenvalue weighted by molar-refractivity contribution is 7.86. The van der Waals surface area contributed by atoms with Gasteiger partial charge in [-0.25, -0.2) is 4.79 Å². The maximum atomic E-state index is 12.9. The number of alkyl carbamates (subject to hydrolysis) is 1. The number of amides is 1. The Balaban J connectivity index is 2.77. The van der Waals surface area contributed by atoms with Crippen molar-refractivity contribution in [2.24, 2.45) is 0 Å². The van der Waals surface area contributed by atoms with Crippen LogP contribution < -0.4 is 5.32 Å². The van der Waals surface area contributed by atoms with Gasteiger partial charge in [0.2, 0.25) is 0 Å². The van der Waals surface area contributed by atoms with E-state index in [4.69, 9.17) is 9.47 Å². The molecule has 0 spiro atoms. The zero-order valence-corrected chi connectivity index (χ0v) is 12.2. The van der Waals surface area contributed by atoms with Crippen LogP contribution in [-0.4, -0.2) is 44.6 Å². The van der Waals surface area contributed by atoms with Crippen LogP contribution in [0, 0.1) is 0 Å². The maximum Gasteiger partial charge on any atom is 0.408 e. The molecule has 1 fully saturated rings. The smallest absolute Gasteiger partial charge is 0.408 e. The molecule has 1 saturated heterocycles. The molecule has 112 valence electrons. The number of carbonyl (C=O) groups excluding carboxylic acids is 1. The molecule has 1 N–H and O–H groups in total. The summed E-state index contributed by atoms with van der Waals surface area (Å²) in [5.41, 5.74) is -1.86. The summed E-state index contributed by atoms with van der Waals surface area (Å²) in [6.45, 7) is 5.61. The molecule has 1 rings (SSSR count). The molecule has 19 heavy (non-hydrogen) atoms. The van der Waals surface area contributed by atoms with Gasteiger partial charge in [0.05, 0.1) is 5.54 Å².